The van der Waals surface area contributed by atoms with Crippen molar-refractivity contribution in [3.63, 3.8) is 0 Å². The molecule has 21 heavy (non-hydrogen) atoms. The van der Waals surface area contributed by atoms with Crippen LogP contribution < -0.4 is 5.43 Å². The number of halogens is 4. The van der Waals surface area contributed by atoms with Crippen LogP contribution in [0.5, 0.6) is 0 Å². The van der Waals surface area contributed by atoms with Crippen LogP contribution in [0.2, 0.25) is 0 Å². The van der Waals surface area contributed by atoms with Gasteiger partial charge in [0.2, 0.25) is 5.43 Å². The molecule has 0 radical (unpaired) electrons. The summed E-state index contributed by atoms with van der Waals surface area (Å²) in [5.41, 5.74) is -1.62. The van der Waals surface area contributed by atoms with E-state index in [1.165, 1.54) is 4.57 Å². The molecule has 0 saturated heterocycles. The first-order chi connectivity index (χ1) is 9.85. The van der Waals surface area contributed by atoms with E-state index >= 15 is 0 Å². The molecule has 0 fully saturated rings. The molecule has 0 aliphatic heterocycles. The highest BCUT2D eigenvalue weighted by Gasteiger charge is 2.25. The summed E-state index contributed by atoms with van der Waals surface area (Å²) < 4.78 is 55.5. The van der Waals surface area contributed by atoms with Gasteiger partial charge in [0.1, 0.15) is 5.56 Å². The lowest BCUT2D eigenvalue weighted by Crippen LogP contribution is -2.23. The summed E-state index contributed by atoms with van der Waals surface area (Å²) in [6, 6.07) is 1.43. The number of pyridine rings is 1. The van der Waals surface area contributed by atoms with Crippen LogP contribution in [0.4, 0.5) is 17.4 Å². The molecule has 1 aromatic heterocycles. The summed E-state index contributed by atoms with van der Waals surface area (Å²) in [7, 11) is -3.38. The maximum atomic E-state index is 13.2. The Morgan fingerprint density at radius 3 is 2.48 bits per heavy atom. The van der Waals surface area contributed by atoms with Crippen molar-refractivity contribution in [1.29, 1.82) is 0 Å². The van der Waals surface area contributed by atoms with E-state index in [1.807, 2.05) is 0 Å². The molecule has 0 spiro atoms. The van der Waals surface area contributed by atoms with Gasteiger partial charge in [0.25, 0.3) is 0 Å². The average molecular weight is 301 g/mol. The monoisotopic (exact) mass is 301 g/mol. The van der Waals surface area contributed by atoms with Crippen molar-refractivity contribution in [3.05, 3.63) is 45.8 Å². The molecule has 0 atom stereocenters. The van der Waals surface area contributed by atoms with E-state index in [-0.39, 0.29) is 17.4 Å². The number of rotatable bonds is 3. The standard InChI is InChI=1S/C12H8BF4NO3/c1-2-18-5-7(12(20)21-13(16)17)11(19)6-3-8(14)9(15)4-10(6)18/h3-5H,2H2,1H3. The molecule has 110 valence electrons. The van der Waals surface area contributed by atoms with Crippen molar-refractivity contribution in [3.8, 4) is 0 Å². The van der Waals surface area contributed by atoms with Gasteiger partial charge in [-0.2, -0.15) is 0 Å². The zero-order valence-electron chi connectivity index (χ0n) is 10.7. The number of hydrogen-bond donors (Lipinski definition) is 0. The number of nitrogens with zero attached hydrogens (tertiary/aromatic N) is 1. The second-order valence-electron chi connectivity index (χ2n) is 4.11. The van der Waals surface area contributed by atoms with E-state index in [4.69, 9.17) is 0 Å². The van der Waals surface area contributed by atoms with Crippen LogP contribution >= 0.6 is 0 Å². The normalized spacial score (nSPS) is 10.7. The number of hydrogen-bond acceptors (Lipinski definition) is 3. The topological polar surface area (TPSA) is 48.3 Å². The predicted molar refractivity (Wildman–Crippen MR) is 67.2 cm³/mol. The number of benzene rings is 1. The summed E-state index contributed by atoms with van der Waals surface area (Å²) in [6.45, 7) is 1.82. The Labute approximate surface area is 116 Å². The smallest absolute Gasteiger partial charge is 0.474 e. The maximum absolute atomic E-state index is 13.2. The van der Waals surface area contributed by atoms with Gasteiger partial charge in [-0.1, -0.05) is 0 Å². The van der Waals surface area contributed by atoms with Gasteiger partial charge >= 0.3 is 13.4 Å². The lowest BCUT2D eigenvalue weighted by atomic mass is 10.1. The summed E-state index contributed by atoms with van der Waals surface area (Å²) >= 11 is 0. The number of carbonyl (C=O) groups is 1. The minimum atomic E-state index is -3.38. The molecule has 0 N–H and O–H groups in total. The molecule has 4 nitrogen and oxygen atoms in total. The van der Waals surface area contributed by atoms with Crippen LogP contribution in [0.25, 0.3) is 10.9 Å². The number of fused-ring (bicyclic) bond motifs is 1. The van der Waals surface area contributed by atoms with Crippen molar-refractivity contribution in [1.82, 2.24) is 4.57 Å². The van der Waals surface area contributed by atoms with Crippen LogP contribution in [0.1, 0.15) is 17.3 Å². The van der Waals surface area contributed by atoms with Crippen molar-refractivity contribution in [2.75, 3.05) is 0 Å². The van der Waals surface area contributed by atoms with Crippen LogP contribution in [0.3, 0.4) is 0 Å². The maximum Gasteiger partial charge on any atom is 0.798 e. The third kappa shape index (κ3) is 2.76. The van der Waals surface area contributed by atoms with Gasteiger partial charge in [-0.05, 0) is 13.0 Å². The van der Waals surface area contributed by atoms with Crippen molar-refractivity contribution >= 4 is 24.3 Å². The van der Waals surface area contributed by atoms with Crippen molar-refractivity contribution in [2.24, 2.45) is 0 Å². The highest BCUT2D eigenvalue weighted by atomic mass is 19.2. The fourth-order valence-electron chi connectivity index (χ4n) is 1.94. The zero-order chi connectivity index (χ0) is 15.7. The Morgan fingerprint density at radius 1 is 1.29 bits per heavy atom. The van der Waals surface area contributed by atoms with Gasteiger partial charge in [-0.15, -0.1) is 0 Å². The SMILES string of the molecule is CCn1cc(C(=O)OB(F)F)c(=O)c2cc(F)c(F)cc21. The molecule has 1 aromatic carbocycles. The van der Waals surface area contributed by atoms with E-state index in [1.54, 1.807) is 6.92 Å². The summed E-state index contributed by atoms with van der Waals surface area (Å²) in [4.78, 5) is 23.5. The highest BCUT2D eigenvalue weighted by Crippen LogP contribution is 2.17. The lowest BCUT2D eigenvalue weighted by molar-refractivity contribution is 0.0693. The van der Waals surface area contributed by atoms with Crippen molar-refractivity contribution < 1.29 is 26.9 Å². The molecule has 0 bridgehead atoms. The fraction of sp³-hybridized carbons (Fsp3) is 0.167. The van der Waals surface area contributed by atoms with Crippen molar-refractivity contribution in [2.45, 2.75) is 13.5 Å². The Morgan fingerprint density at radius 2 is 1.90 bits per heavy atom. The van der Waals surface area contributed by atoms with Gasteiger partial charge in [0, 0.05) is 24.2 Å². The minimum Gasteiger partial charge on any atom is -0.474 e. The third-order valence-corrected chi connectivity index (χ3v) is 2.88. The Kier molecular flexibility index (Phi) is 4.01. The van der Waals surface area contributed by atoms with Crippen LogP contribution in [0, 0.1) is 11.6 Å². The lowest BCUT2D eigenvalue weighted by Gasteiger charge is -2.11. The second kappa shape index (κ2) is 5.59. The number of aromatic nitrogens is 1. The summed E-state index contributed by atoms with van der Waals surface area (Å²) in [5.74, 6) is -3.96. The van der Waals surface area contributed by atoms with Crippen LogP contribution in [0.15, 0.2) is 23.1 Å². The first kappa shape index (κ1) is 15.1. The van der Waals surface area contributed by atoms with E-state index in [0.29, 0.717) is 6.07 Å². The molecule has 0 unspecified atom stereocenters. The highest BCUT2D eigenvalue weighted by molar-refractivity contribution is 6.38. The first-order valence-corrected chi connectivity index (χ1v) is 5.86. The van der Waals surface area contributed by atoms with E-state index < -0.39 is 36.1 Å². The molecule has 0 aliphatic rings. The largest absolute Gasteiger partial charge is 0.798 e. The molecule has 1 heterocycles. The van der Waals surface area contributed by atoms with Gasteiger partial charge in [0.15, 0.2) is 11.6 Å². The predicted octanol–water partition coefficient (Wildman–Crippen LogP) is 2.38. The molecule has 0 saturated carbocycles. The minimum absolute atomic E-state index is 0.0509. The fourth-order valence-corrected chi connectivity index (χ4v) is 1.94. The third-order valence-electron chi connectivity index (χ3n) is 2.88. The first-order valence-electron chi connectivity index (χ1n) is 5.86. The van der Waals surface area contributed by atoms with Gasteiger partial charge in [-0.25, -0.2) is 22.2 Å². The Balaban J connectivity index is 2.75. The molecule has 9 heteroatoms. The quantitative estimate of drug-likeness (QED) is 0.646. The number of aryl methyl sites for hydroxylation is 1. The molecular formula is C12H8BF4NO3. The van der Waals surface area contributed by atoms with Crippen LogP contribution in [-0.2, 0) is 11.2 Å². The average Bonchev–Trinajstić information content (AvgIpc) is 2.40. The van der Waals surface area contributed by atoms with Gasteiger partial charge < -0.3 is 9.22 Å². The molecule has 2 aromatic rings. The van der Waals surface area contributed by atoms with Gasteiger partial charge in [-0.3, -0.25) is 4.79 Å². The second-order valence-corrected chi connectivity index (χ2v) is 4.11. The molecular weight excluding hydrogens is 293 g/mol. The molecule has 2 rings (SSSR count). The van der Waals surface area contributed by atoms with Crippen LogP contribution in [-0.4, -0.2) is 18.0 Å². The van der Waals surface area contributed by atoms with E-state index in [0.717, 1.165) is 12.3 Å². The van der Waals surface area contributed by atoms with E-state index in [9.17, 15) is 27.0 Å². The number of carbonyl (C=O) groups excluding carboxylic acids is 1. The van der Waals surface area contributed by atoms with Gasteiger partial charge in [0.05, 0.1) is 5.52 Å². The molecule has 0 amide bonds. The Bertz CT molecular complexity index is 775. The summed E-state index contributed by atoms with van der Waals surface area (Å²) in [5, 5.41) is -0.292. The summed E-state index contributed by atoms with van der Waals surface area (Å²) in [6.07, 6.45) is 0.979. The Hall–Kier alpha value is -2.32. The molecule has 0 aliphatic carbocycles. The van der Waals surface area contributed by atoms with E-state index in [2.05, 4.69) is 4.65 Å². The zero-order valence-corrected chi connectivity index (χ0v) is 10.7.